The van der Waals surface area contributed by atoms with Crippen molar-refractivity contribution in [2.24, 2.45) is 0 Å². The van der Waals surface area contributed by atoms with Crippen LogP contribution in [0.15, 0.2) is 10.6 Å². The Morgan fingerprint density at radius 3 is 2.57 bits per heavy atom. The van der Waals surface area contributed by atoms with Crippen LogP contribution in [0.5, 0.6) is 0 Å². The highest BCUT2D eigenvalue weighted by Gasteiger charge is 1.97. The maximum atomic E-state index is 5.42. The molecule has 1 aliphatic rings. The van der Waals surface area contributed by atoms with E-state index in [1.807, 2.05) is 5.41 Å². The first-order valence-electron chi connectivity index (χ1n) is 1.33. The number of halogens is 2. The van der Waals surface area contributed by atoms with Gasteiger partial charge in [-0.2, -0.15) is 0 Å². The fourth-order valence-corrected chi connectivity index (χ4v) is 2.00. The molecule has 0 bridgehead atoms. The fraction of sp³-hybridized carbons (Fsp3) is 0. The maximum Gasteiger partial charge on any atom is 0.120 e. The molecule has 0 aromatic heterocycles. The molecular formula is C2H3Cl2NS2. The van der Waals surface area contributed by atoms with Crippen LogP contribution in [0.3, 0.4) is 0 Å². The Kier molecular flexibility index (Phi) is 4.22. The lowest BCUT2D eigenvalue weighted by Crippen LogP contribution is -1.85. The summed E-state index contributed by atoms with van der Waals surface area (Å²) in [6, 6.07) is 0. The molecule has 1 heterocycles. The lowest BCUT2D eigenvalue weighted by molar-refractivity contribution is 1.40. The molecule has 0 amide bonds. The number of nitrogens with one attached hydrogen (secondary N) is 1. The van der Waals surface area contributed by atoms with Gasteiger partial charge in [0.2, 0.25) is 0 Å². The van der Waals surface area contributed by atoms with E-state index in [1.54, 1.807) is 10.8 Å². The highest BCUT2D eigenvalue weighted by atomic mass is 35.5. The van der Waals surface area contributed by atoms with Gasteiger partial charge in [-0.3, -0.25) is 0 Å². The molecule has 0 saturated carbocycles. The molecule has 0 unspecified atom stereocenters. The summed E-state index contributed by atoms with van der Waals surface area (Å²) < 4.78 is 2.83. The van der Waals surface area contributed by atoms with Gasteiger partial charge in [0, 0.05) is 16.4 Å². The van der Waals surface area contributed by atoms with Gasteiger partial charge in [0.1, 0.15) is 5.16 Å². The summed E-state index contributed by atoms with van der Waals surface area (Å²) in [6.07, 6.45) is 0. The molecule has 1 aliphatic heterocycles. The standard InChI is InChI=1S/C2H2ClNS2.ClH/c3-2-1-5-6-4-2;/h1,4H;1H. The molecule has 0 fully saturated rings. The van der Waals surface area contributed by atoms with Crippen molar-refractivity contribution in [1.29, 1.82) is 0 Å². The van der Waals surface area contributed by atoms with Gasteiger partial charge in [-0.25, -0.2) is 0 Å². The number of hydrogen-bond donors (Lipinski definition) is 1. The van der Waals surface area contributed by atoms with Crippen LogP contribution < -0.4 is 4.72 Å². The summed E-state index contributed by atoms with van der Waals surface area (Å²) in [4.78, 5) is 0. The summed E-state index contributed by atoms with van der Waals surface area (Å²) in [5.74, 6) is 0. The Labute approximate surface area is 61.2 Å². The minimum atomic E-state index is 0. The second kappa shape index (κ2) is 3.78. The first-order chi connectivity index (χ1) is 2.89. The lowest BCUT2D eigenvalue weighted by Gasteiger charge is -1.82. The zero-order valence-corrected chi connectivity index (χ0v) is 6.39. The van der Waals surface area contributed by atoms with Crippen LogP contribution in [0.25, 0.3) is 0 Å². The van der Waals surface area contributed by atoms with Gasteiger partial charge in [-0.15, -0.1) is 12.4 Å². The van der Waals surface area contributed by atoms with Gasteiger partial charge in [0.05, 0.1) is 0 Å². The van der Waals surface area contributed by atoms with Crippen LogP contribution in [0.1, 0.15) is 0 Å². The van der Waals surface area contributed by atoms with Crippen molar-refractivity contribution in [1.82, 2.24) is 4.72 Å². The molecule has 42 valence electrons. The Hall–Kier alpha value is 0.820. The normalized spacial score (nSPS) is 17.0. The summed E-state index contributed by atoms with van der Waals surface area (Å²) in [7, 11) is 3.12. The van der Waals surface area contributed by atoms with Crippen molar-refractivity contribution in [3.05, 3.63) is 10.6 Å². The Balaban J connectivity index is 0.000000360. The van der Waals surface area contributed by atoms with Crippen molar-refractivity contribution < 1.29 is 0 Å². The van der Waals surface area contributed by atoms with E-state index in [4.69, 9.17) is 11.6 Å². The molecule has 0 aromatic rings. The van der Waals surface area contributed by atoms with Gasteiger partial charge >= 0.3 is 0 Å². The van der Waals surface area contributed by atoms with E-state index < -0.39 is 0 Å². The summed E-state index contributed by atoms with van der Waals surface area (Å²) in [6.45, 7) is 0. The largest absolute Gasteiger partial charge is 0.310 e. The second-order valence-corrected chi connectivity index (χ2v) is 3.03. The lowest BCUT2D eigenvalue weighted by atomic mass is 11.1. The van der Waals surface area contributed by atoms with Gasteiger partial charge in [0.15, 0.2) is 0 Å². The van der Waals surface area contributed by atoms with Crippen LogP contribution in [0.4, 0.5) is 0 Å². The molecule has 0 atom stereocenters. The molecule has 1 rings (SSSR count). The molecule has 1 N–H and O–H groups in total. The monoisotopic (exact) mass is 175 g/mol. The molecule has 0 aromatic carbocycles. The summed E-state index contributed by atoms with van der Waals surface area (Å²) in [5, 5.41) is 2.58. The van der Waals surface area contributed by atoms with E-state index in [9.17, 15) is 0 Å². The zero-order valence-electron chi connectivity index (χ0n) is 3.18. The third kappa shape index (κ3) is 2.59. The molecular weight excluding hydrogens is 173 g/mol. The van der Waals surface area contributed by atoms with Crippen LogP contribution in [-0.4, -0.2) is 0 Å². The predicted octanol–water partition coefficient (Wildman–Crippen LogP) is 2.35. The van der Waals surface area contributed by atoms with Gasteiger partial charge in [-0.1, -0.05) is 11.6 Å². The zero-order chi connectivity index (χ0) is 4.41. The SMILES string of the molecule is Cl.ClC1=CSSN1. The highest BCUT2D eigenvalue weighted by molar-refractivity contribution is 8.77. The molecule has 0 saturated heterocycles. The smallest absolute Gasteiger partial charge is 0.120 e. The van der Waals surface area contributed by atoms with E-state index in [1.165, 1.54) is 11.0 Å². The Morgan fingerprint density at radius 1 is 1.71 bits per heavy atom. The summed E-state index contributed by atoms with van der Waals surface area (Å²) in [5.41, 5.74) is 0. The highest BCUT2D eigenvalue weighted by Crippen LogP contribution is 2.29. The van der Waals surface area contributed by atoms with Gasteiger partial charge in [-0.05, 0) is 10.8 Å². The average molecular weight is 176 g/mol. The van der Waals surface area contributed by atoms with E-state index >= 15 is 0 Å². The van der Waals surface area contributed by atoms with E-state index in [0.717, 1.165) is 5.16 Å². The quantitative estimate of drug-likeness (QED) is 0.345. The first-order valence-corrected chi connectivity index (χ1v) is 3.93. The number of hydrogen-bond acceptors (Lipinski definition) is 3. The van der Waals surface area contributed by atoms with Crippen molar-refractivity contribution in [3.8, 4) is 0 Å². The Bertz CT molecular complexity index is 83.8. The van der Waals surface area contributed by atoms with Crippen molar-refractivity contribution in [2.75, 3.05) is 0 Å². The third-order valence-electron chi connectivity index (χ3n) is 0.339. The molecule has 5 heteroatoms. The molecule has 7 heavy (non-hydrogen) atoms. The predicted molar refractivity (Wildman–Crippen MR) is 39.5 cm³/mol. The molecule has 1 nitrogen and oxygen atoms in total. The molecule has 0 radical (unpaired) electrons. The van der Waals surface area contributed by atoms with Crippen molar-refractivity contribution in [3.63, 3.8) is 0 Å². The van der Waals surface area contributed by atoms with E-state index in [2.05, 4.69) is 4.72 Å². The summed E-state index contributed by atoms with van der Waals surface area (Å²) >= 11 is 5.42. The van der Waals surface area contributed by atoms with Gasteiger partial charge < -0.3 is 4.72 Å². The van der Waals surface area contributed by atoms with Crippen molar-refractivity contribution >= 4 is 45.8 Å². The van der Waals surface area contributed by atoms with E-state index in [0.29, 0.717) is 0 Å². The van der Waals surface area contributed by atoms with Crippen molar-refractivity contribution in [2.45, 2.75) is 0 Å². The van der Waals surface area contributed by atoms with Crippen LogP contribution in [0.2, 0.25) is 0 Å². The minimum Gasteiger partial charge on any atom is -0.310 e. The van der Waals surface area contributed by atoms with E-state index in [-0.39, 0.29) is 12.4 Å². The third-order valence-corrected chi connectivity index (χ3v) is 2.34. The number of rotatable bonds is 0. The van der Waals surface area contributed by atoms with Gasteiger partial charge in [0.25, 0.3) is 0 Å². The second-order valence-electron chi connectivity index (χ2n) is 0.747. The minimum absolute atomic E-state index is 0. The Morgan fingerprint density at radius 2 is 2.43 bits per heavy atom. The van der Waals surface area contributed by atoms with Crippen LogP contribution >= 0.6 is 45.8 Å². The maximum absolute atomic E-state index is 5.42. The van der Waals surface area contributed by atoms with Crippen LogP contribution in [0, 0.1) is 0 Å². The fourth-order valence-electron chi connectivity index (χ4n) is 0.154. The topological polar surface area (TPSA) is 12.0 Å². The van der Waals surface area contributed by atoms with Crippen LogP contribution in [-0.2, 0) is 0 Å². The average Bonchev–Trinajstić information content (AvgIpc) is 1.86. The molecule has 0 spiro atoms. The molecule has 0 aliphatic carbocycles. The first kappa shape index (κ1) is 7.82.